The summed E-state index contributed by atoms with van der Waals surface area (Å²) < 4.78 is 39.4. The molecule has 10 nitrogen and oxygen atoms in total. The number of anilines is 1. The summed E-state index contributed by atoms with van der Waals surface area (Å²) in [5.74, 6) is 0.225. The molecule has 12 heteroatoms. The quantitative estimate of drug-likeness (QED) is 0.479. The van der Waals surface area contributed by atoms with Crippen LogP contribution in [0.5, 0.6) is 5.75 Å². The normalized spacial score (nSPS) is 32.3. The molecule has 1 saturated carbocycles. The lowest BCUT2D eigenvalue weighted by Crippen LogP contribution is -2.51. The molecule has 7 rings (SSSR count). The van der Waals surface area contributed by atoms with E-state index in [0.29, 0.717) is 54.8 Å². The summed E-state index contributed by atoms with van der Waals surface area (Å²) in [7, 11) is -2.36. The first-order chi connectivity index (χ1) is 22.8. The van der Waals surface area contributed by atoms with Crippen molar-refractivity contribution in [2.24, 2.45) is 17.8 Å². The van der Waals surface area contributed by atoms with Crippen molar-refractivity contribution in [1.29, 1.82) is 0 Å². The molecule has 0 unspecified atom stereocenters. The average Bonchev–Trinajstić information content (AvgIpc) is 3.17. The Kier molecular flexibility index (Phi) is 8.96. The van der Waals surface area contributed by atoms with Crippen LogP contribution in [0, 0.1) is 17.8 Å². The number of nitrogens with one attached hydrogen (secondary N) is 1. The summed E-state index contributed by atoms with van der Waals surface area (Å²) in [4.78, 5) is 31.1. The fourth-order valence-electron chi connectivity index (χ4n) is 8.85. The summed E-state index contributed by atoms with van der Waals surface area (Å²) in [6.45, 7) is 3.02. The van der Waals surface area contributed by atoms with Gasteiger partial charge in [0, 0.05) is 43.7 Å². The summed E-state index contributed by atoms with van der Waals surface area (Å²) >= 11 is 6.44. The van der Waals surface area contributed by atoms with Crippen molar-refractivity contribution in [1.82, 2.24) is 9.62 Å². The second-order valence-corrected chi connectivity index (χ2v) is 17.1. The van der Waals surface area contributed by atoms with Gasteiger partial charge in [-0.3, -0.25) is 14.3 Å². The second kappa shape index (κ2) is 12.8. The number of carbonyl (C=O) groups excluding carboxylic acids is 2. The van der Waals surface area contributed by atoms with Crippen molar-refractivity contribution in [3.8, 4) is 5.75 Å². The van der Waals surface area contributed by atoms with Crippen LogP contribution in [0.1, 0.15) is 68.1 Å². The van der Waals surface area contributed by atoms with E-state index in [4.69, 9.17) is 21.1 Å². The maximum absolute atomic E-state index is 13.6. The van der Waals surface area contributed by atoms with E-state index < -0.39 is 33.9 Å². The van der Waals surface area contributed by atoms with Gasteiger partial charge in [0.25, 0.3) is 5.91 Å². The highest BCUT2D eigenvalue weighted by atomic mass is 35.5. The molecule has 2 aliphatic carbocycles. The van der Waals surface area contributed by atoms with Crippen LogP contribution in [0.2, 0.25) is 5.02 Å². The van der Waals surface area contributed by atoms with Gasteiger partial charge >= 0.3 is 0 Å². The van der Waals surface area contributed by atoms with Crippen LogP contribution in [0.25, 0.3) is 0 Å². The molecule has 6 atom stereocenters. The number of nitrogens with zero attached hydrogens (tertiary/aromatic N) is 2. The number of hydrogen-bond acceptors (Lipinski definition) is 8. The Balaban J connectivity index is 1.34. The van der Waals surface area contributed by atoms with Gasteiger partial charge in [-0.1, -0.05) is 23.7 Å². The molecule has 4 bridgehead atoms. The Morgan fingerprint density at radius 1 is 1.12 bits per heavy atom. The second-order valence-electron chi connectivity index (χ2n) is 14.9. The number of hydrogen-bond donors (Lipinski definition) is 2. The molecular formula is C36H46ClN3O7S. The molecule has 1 spiro atoms. The number of aryl methyl sites for hydroxylation is 1. The van der Waals surface area contributed by atoms with E-state index in [9.17, 15) is 23.1 Å². The number of ether oxygens (including phenoxy) is 2. The van der Waals surface area contributed by atoms with Gasteiger partial charge in [0.15, 0.2) is 5.60 Å². The molecule has 5 aliphatic rings. The third-order valence-electron chi connectivity index (χ3n) is 11.7. The minimum absolute atomic E-state index is 0.141. The highest BCUT2D eigenvalue weighted by Gasteiger charge is 2.47. The average molecular weight is 700 g/mol. The molecule has 3 aliphatic heterocycles. The van der Waals surface area contributed by atoms with Crippen LogP contribution < -0.4 is 14.4 Å². The number of benzene rings is 2. The summed E-state index contributed by atoms with van der Waals surface area (Å²) in [5, 5.41) is 12.9. The first-order valence-electron chi connectivity index (χ1n) is 17.2. The highest BCUT2D eigenvalue weighted by Crippen LogP contribution is 2.48. The molecule has 0 aromatic heterocycles. The predicted molar refractivity (Wildman–Crippen MR) is 183 cm³/mol. The number of carbonyl (C=O) groups is 2. The van der Waals surface area contributed by atoms with Crippen LogP contribution in [-0.2, 0) is 41.8 Å². The standard InChI is InChI=1S/C36H46ClN3O7S/c1-39-14-11-23-12-15-46-32(16-23)28-8-5-25(28)20-40-21-35(13-3-4-24-17-27(37)7-9-29(24)35)22-47-31-10-6-26(18-30(31)40)36(43,19-33(39)41)34(42)38-48(2,44)45/h6-7,9-10,17-18,23,25,28,32,43H,3-5,8,11-16,19-22H2,1-2H3,(H,38,42)/t23-,25+,28-,32+,35+,36+/m1/s1. The van der Waals surface area contributed by atoms with Gasteiger partial charge in [0.2, 0.25) is 15.9 Å². The minimum Gasteiger partial charge on any atom is -0.490 e. The number of aliphatic hydroxyl groups is 1. The van der Waals surface area contributed by atoms with Gasteiger partial charge in [-0.25, -0.2) is 8.42 Å². The van der Waals surface area contributed by atoms with Crippen LogP contribution in [0.15, 0.2) is 36.4 Å². The molecule has 2 N–H and O–H groups in total. The van der Waals surface area contributed by atoms with Crippen molar-refractivity contribution < 1.29 is 32.6 Å². The van der Waals surface area contributed by atoms with Crippen LogP contribution >= 0.6 is 11.6 Å². The first-order valence-corrected chi connectivity index (χ1v) is 19.5. The minimum atomic E-state index is -4.03. The molecule has 2 amide bonds. The van der Waals surface area contributed by atoms with Crippen molar-refractivity contribution in [3.63, 3.8) is 0 Å². The van der Waals surface area contributed by atoms with E-state index in [1.165, 1.54) is 16.0 Å². The Bertz CT molecular complexity index is 1700. The molecule has 3 heterocycles. The molecule has 260 valence electrons. The zero-order valence-electron chi connectivity index (χ0n) is 27.8. The lowest BCUT2D eigenvalue weighted by molar-refractivity contribution is -0.148. The van der Waals surface area contributed by atoms with Gasteiger partial charge in [-0.15, -0.1) is 0 Å². The largest absolute Gasteiger partial charge is 0.490 e. The number of amides is 2. The van der Waals surface area contributed by atoms with Gasteiger partial charge < -0.3 is 24.4 Å². The van der Waals surface area contributed by atoms with Gasteiger partial charge in [-0.2, -0.15) is 0 Å². The fraction of sp³-hybridized carbons (Fsp3) is 0.611. The smallest absolute Gasteiger partial charge is 0.270 e. The summed E-state index contributed by atoms with van der Waals surface area (Å²) in [6, 6.07) is 11.2. The van der Waals surface area contributed by atoms with Crippen molar-refractivity contribution >= 4 is 39.1 Å². The Morgan fingerprint density at radius 3 is 2.73 bits per heavy atom. The van der Waals surface area contributed by atoms with Crippen molar-refractivity contribution in [3.05, 3.63) is 58.1 Å². The van der Waals surface area contributed by atoms with Crippen LogP contribution in [0.4, 0.5) is 5.69 Å². The van der Waals surface area contributed by atoms with E-state index in [0.717, 1.165) is 69.9 Å². The molecular weight excluding hydrogens is 654 g/mol. The van der Waals surface area contributed by atoms with Gasteiger partial charge in [0.05, 0.1) is 31.1 Å². The Labute approximate surface area is 288 Å². The van der Waals surface area contributed by atoms with Gasteiger partial charge in [0.1, 0.15) is 5.75 Å². The zero-order valence-corrected chi connectivity index (χ0v) is 29.3. The topological polar surface area (TPSA) is 125 Å². The lowest BCUT2D eigenvalue weighted by atomic mass is 9.67. The maximum atomic E-state index is 13.6. The number of halogens is 1. The third-order valence-corrected chi connectivity index (χ3v) is 12.5. The third kappa shape index (κ3) is 6.43. The highest BCUT2D eigenvalue weighted by molar-refractivity contribution is 7.89. The zero-order chi connectivity index (χ0) is 33.8. The summed E-state index contributed by atoms with van der Waals surface area (Å²) in [6.07, 6.45) is 8.17. The monoisotopic (exact) mass is 699 g/mol. The molecule has 0 radical (unpaired) electrons. The van der Waals surface area contributed by atoms with Crippen LogP contribution in [0.3, 0.4) is 0 Å². The number of sulfonamides is 1. The lowest BCUT2D eigenvalue weighted by Gasteiger charge is -2.48. The molecule has 1 saturated heterocycles. The Hall–Kier alpha value is -2.86. The molecule has 2 fully saturated rings. The maximum Gasteiger partial charge on any atom is 0.270 e. The Morgan fingerprint density at radius 2 is 1.96 bits per heavy atom. The van der Waals surface area contributed by atoms with E-state index in [1.807, 2.05) is 10.8 Å². The molecule has 2 aromatic rings. The first kappa shape index (κ1) is 33.6. The van der Waals surface area contributed by atoms with Crippen LogP contribution in [-0.4, -0.2) is 82.5 Å². The van der Waals surface area contributed by atoms with Gasteiger partial charge in [-0.05, 0) is 110 Å². The number of rotatable bonds is 2. The van der Waals surface area contributed by atoms with E-state index in [-0.39, 0.29) is 17.1 Å². The number of fused-ring (bicyclic) bond motifs is 7. The predicted octanol–water partition coefficient (Wildman–Crippen LogP) is 4.15. The van der Waals surface area contributed by atoms with E-state index >= 15 is 0 Å². The SMILES string of the molecule is CN1CC[C@@H]2CCO[C@@H](C2)[C@@H]2CC[C@H]2CN2C[C@@]3(CCCc4cc(Cl)ccc43)COc3ccc(cc32)[C@](O)(C(=O)NS(C)(=O)=O)CC1=O. The van der Waals surface area contributed by atoms with E-state index in [1.54, 1.807) is 25.2 Å². The van der Waals surface area contributed by atoms with E-state index in [2.05, 4.69) is 17.0 Å². The van der Waals surface area contributed by atoms with Crippen molar-refractivity contribution in [2.75, 3.05) is 51.1 Å². The van der Waals surface area contributed by atoms with Crippen molar-refractivity contribution in [2.45, 2.75) is 74.9 Å². The molecule has 2 aromatic carbocycles. The molecule has 48 heavy (non-hydrogen) atoms. The fourth-order valence-corrected chi connectivity index (χ4v) is 9.55. The summed E-state index contributed by atoms with van der Waals surface area (Å²) in [5.41, 5.74) is 0.578.